The van der Waals surface area contributed by atoms with E-state index >= 15 is 0 Å². The molecule has 1 N–H and O–H groups in total. The van der Waals surface area contributed by atoms with Gasteiger partial charge in [-0.3, -0.25) is 0 Å². The van der Waals surface area contributed by atoms with E-state index in [9.17, 15) is 0 Å². The van der Waals surface area contributed by atoms with Crippen LogP contribution in [0.1, 0.15) is 44.2 Å². The van der Waals surface area contributed by atoms with Crippen molar-refractivity contribution in [3.63, 3.8) is 0 Å². The first-order valence-corrected chi connectivity index (χ1v) is 7.65. The van der Waals surface area contributed by atoms with Crippen molar-refractivity contribution in [1.29, 1.82) is 0 Å². The topological polar surface area (TPSA) is 15.3 Å². The van der Waals surface area contributed by atoms with Crippen LogP contribution in [0.15, 0.2) is 18.2 Å². The Kier molecular flexibility index (Phi) is 3.30. The van der Waals surface area contributed by atoms with E-state index < -0.39 is 0 Å². The average Bonchev–Trinajstić information content (AvgIpc) is 2.78. The van der Waals surface area contributed by atoms with E-state index in [4.69, 9.17) is 0 Å². The van der Waals surface area contributed by atoms with Gasteiger partial charge in [0.2, 0.25) is 0 Å². The number of nitrogens with one attached hydrogen (secondary N) is 1. The second-order valence-electron chi connectivity index (χ2n) is 6.89. The molecule has 1 aromatic carbocycles. The second kappa shape index (κ2) is 4.82. The molecule has 1 saturated heterocycles. The summed E-state index contributed by atoms with van der Waals surface area (Å²) in [7, 11) is 2.25. The predicted molar refractivity (Wildman–Crippen MR) is 82.0 cm³/mol. The van der Waals surface area contributed by atoms with E-state index in [0.717, 1.165) is 6.54 Å². The van der Waals surface area contributed by atoms with Crippen LogP contribution in [0, 0.1) is 0 Å². The molecule has 104 valence electrons. The lowest BCUT2D eigenvalue weighted by atomic mass is 9.91. The zero-order valence-corrected chi connectivity index (χ0v) is 12.5. The number of nitrogens with zero attached hydrogens (tertiary/aromatic N) is 1. The molecular formula is C17H26N2. The number of anilines is 1. The van der Waals surface area contributed by atoms with Gasteiger partial charge < -0.3 is 10.2 Å². The number of fused-ring (bicyclic) bond motifs is 1. The predicted octanol–water partition coefficient (Wildman–Crippen LogP) is 3.14. The summed E-state index contributed by atoms with van der Waals surface area (Å²) in [5.74, 6) is 0. The Morgan fingerprint density at radius 1 is 1.16 bits per heavy atom. The third kappa shape index (κ3) is 2.64. The van der Waals surface area contributed by atoms with E-state index in [1.165, 1.54) is 37.8 Å². The second-order valence-corrected chi connectivity index (χ2v) is 6.89. The van der Waals surface area contributed by atoms with Crippen LogP contribution in [-0.4, -0.2) is 25.2 Å². The first-order chi connectivity index (χ1) is 9.05. The van der Waals surface area contributed by atoms with Gasteiger partial charge >= 0.3 is 0 Å². The van der Waals surface area contributed by atoms with Gasteiger partial charge in [0.05, 0.1) is 0 Å². The Labute approximate surface area is 117 Å². The van der Waals surface area contributed by atoms with Gasteiger partial charge in [-0.05, 0) is 69.2 Å². The first-order valence-electron chi connectivity index (χ1n) is 7.65. The van der Waals surface area contributed by atoms with Crippen LogP contribution in [0.2, 0.25) is 0 Å². The summed E-state index contributed by atoms with van der Waals surface area (Å²) in [6.07, 6.45) is 6.49. The molecule has 1 aromatic rings. The molecule has 1 fully saturated rings. The van der Waals surface area contributed by atoms with E-state index in [2.05, 4.69) is 49.3 Å². The van der Waals surface area contributed by atoms with Crippen molar-refractivity contribution in [3.05, 3.63) is 29.3 Å². The quantitative estimate of drug-likeness (QED) is 0.876. The molecule has 1 unspecified atom stereocenters. The lowest BCUT2D eigenvalue weighted by molar-refractivity contribution is 0.454. The van der Waals surface area contributed by atoms with Crippen molar-refractivity contribution in [1.82, 2.24) is 5.32 Å². The van der Waals surface area contributed by atoms with E-state index in [1.54, 1.807) is 11.1 Å². The summed E-state index contributed by atoms with van der Waals surface area (Å²) >= 11 is 0. The van der Waals surface area contributed by atoms with Crippen LogP contribution in [-0.2, 0) is 12.8 Å². The molecule has 0 radical (unpaired) electrons. The minimum absolute atomic E-state index is 0.285. The number of rotatable bonds is 2. The summed E-state index contributed by atoms with van der Waals surface area (Å²) < 4.78 is 0. The van der Waals surface area contributed by atoms with Gasteiger partial charge in [-0.2, -0.15) is 0 Å². The molecule has 0 saturated carbocycles. The number of benzene rings is 1. The summed E-state index contributed by atoms with van der Waals surface area (Å²) in [5.41, 5.74) is 4.84. The van der Waals surface area contributed by atoms with Gasteiger partial charge in [0.15, 0.2) is 0 Å². The number of hydrogen-bond acceptors (Lipinski definition) is 2. The standard InChI is InChI=1S/C17H26N2/c1-17(2)11-16(12-18-17)19(3)15-9-8-13-6-4-5-7-14(13)10-15/h8-10,16,18H,4-7,11-12H2,1-3H3. The molecule has 0 bridgehead atoms. The molecule has 3 rings (SSSR count). The van der Waals surface area contributed by atoms with Crippen LogP contribution in [0.25, 0.3) is 0 Å². The first kappa shape index (κ1) is 13.0. The maximum absolute atomic E-state index is 3.62. The summed E-state index contributed by atoms with van der Waals surface area (Å²) in [4.78, 5) is 2.47. The van der Waals surface area contributed by atoms with Crippen molar-refractivity contribution in [2.45, 2.75) is 57.5 Å². The van der Waals surface area contributed by atoms with E-state index in [1.807, 2.05) is 0 Å². The van der Waals surface area contributed by atoms with Gasteiger partial charge in [0.1, 0.15) is 0 Å². The van der Waals surface area contributed by atoms with Gasteiger partial charge in [-0.25, -0.2) is 0 Å². The fourth-order valence-electron chi connectivity index (χ4n) is 3.55. The van der Waals surface area contributed by atoms with Crippen LogP contribution in [0.5, 0.6) is 0 Å². The van der Waals surface area contributed by atoms with Crippen molar-refractivity contribution in [3.8, 4) is 0 Å². The highest BCUT2D eigenvalue weighted by atomic mass is 15.2. The fraction of sp³-hybridized carbons (Fsp3) is 0.647. The van der Waals surface area contributed by atoms with Crippen molar-refractivity contribution >= 4 is 5.69 Å². The smallest absolute Gasteiger partial charge is 0.0428 e. The minimum Gasteiger partial charge on any atom is -0.370 e. The molecule has 1 atom stereocenters. The summed E-state index contributed by atoms with van der Waals surface area (Å²) in [5, 5.41) is 3.62. The molecule has 1 aliphatic heterocycles. The van der Waals surface area contributed by atoms with Crippen LogP contribution in [0.3, 0.4) is 0 Å². The average molecular weight is 258 g/mol. The summed E-state index contributed by atoms with van der Waals surface area (Å²) in [6, 6.07) is 7.72. The Hall–Kier alpha value is -1.02. The minimum atomic E-state index is 0.285. The number of hydrogen-bond donors (Lipinski definition) is 1. The summed E-state index contributed by atoms with van der Waals surface area (Å²) in [6.45, 7) is 5.70. The lowest BCUT2D eigenvalue weighted by Crippen LogP contribution is -2.33. The zero-order valence-electron chi connectivity index (χ0n) is 12.5. The lowest BCUT2D eigenvalue weighted by Gasteiger charge is -2.28. The normalized spacial score (nSPS) is 25.1. The Morgan fingerprint density at radius 2 is 1.89 bits per heavy atom. The molecular weight excluding hydrogens is 232 g/mol. The monoisotopic (exact) mass is 258 g/mol. The van der Waals surface area contributed by atoms with Gasteiger partial charge in [0.25, 0.3) is 0 Å². The maximum atomic E-state index is 3.62. The molecule has 1 aliphatic carbocycles. The third-order valence-corrected chi connectivity index (χ3v) is 4.85. The van der Waals surface area contributed by atoms with Crippen LogP contribution < -0.4 is 10.2 Å². The van der Waals surface area contributed by atoms with Crippen LogP contribution in [0.4, 0.5) is 5.69 Å². The molecule has 2 aliphatic rings. The van der Waals surface area contributed by atoms with Gasteiger partial charge in [-0.1, -0.05) is 6.07 Å². The molecule has 2 heteroatoms. The molecule has 1 heterocycles. The van der Waals surface area contributed by atoms with Gasteiger partial charge in [0, 0.05) is 30.9 Å². The largest absolute Gasteiger partial charge is 0.370 e. The Bertz CT molecular complexity index is 464. The molecule has 19 heavy (non-hydrogen) atoms. The Morgan fingerprint density at radius 3 is 2.58 bits per heavy atom. The third-order valence-electron chi connectivity index (χ3n) is 4.85. The Balaban J connectivity index is 1.78. The molecule has 0 aromatic heterocycles. The highest BCUT2D eigenvalue weighted by Gasteiger charge is 2.32. The molecule has 2 nitrogen and oxygen atoms in total. The number of likely N-dealkylation sites (N-methyl/N-ethyl adjacent to an activating group) is 1. The van der Waals surface area contributed by atoms with Crippen molar-refractivity contribution in [2.24, 2.45) is 0 Å². The van der Waals surface area contributed by atoms with Crippen molar-refractivity contribution in [2.75, 3.05) is 18.5 Å². The zero-order chi connectivity index (χ0) is 13.5. The number of aryl methyl sites for hydroxylation is 2. The molecule has 0 spiro atoms. The maximum Gasteiger partial charge on any atom is 0.0428 e. The highest BCUT2D eigenvalue weighted by molar-refractivity contribution is 5.52. The highest BCUT2D eigenvalue weighted by Crippen LogP contribution is 2.29. The van der Waals surface area contributed by atoms with Crippen molar-refractivity contribution < 1.29 is 0 Å². The van der Waals surface area contributed by atoms with E-state index in [-0.39, 0.29) is 5.54 Å². The van der Waals surface area contributed by atoms with Gasteiger partial charge in [-0.15, -0.1) is 0 Å². The van der Waals surface area contributed by atoms with Crippen LogP contribution >= 0.6 is 0 Å². The molecule has 0 amide bonds. The fourth-order valence-corrected chi connectivity index (χ4v) is 3.55. The van der Waals surface area contributed by atoms with E-state index in [0.29, 0.717) is 6.04 Å². The SMILES string of the molecule is CN(c1ccc2c(c1)CCCC2)C1CNC(C)(C)C1.